The van der Waals surface area contributed by atoms with Gasteiger partial charge in [0.05, 0.1) is 6.61 Å². The highest BCUT2D eigenvalue weighted by Crippen LogP contribution is 2.66. The zero-order valence-electron chi connectivity index (χ0n) is 18.9. The van der Waals surface area contributed by atoms with Gasteiger partial charge in [-0.2, -0.15) is 0 Å². The third-order valence-electron chi connectivity index (χ3n) is 7.36. The van der Waals surface area contributed by atoms with Crippen LogP contribution in [0.4, 0.5) is 0 Å². The van der Waals surface area contributed by atoms with Crippen molar-refractivity contribution in [2.75, 3.05) is 6.61 Å². The number of allylic oxidation sites excluding steroid dienone is 2. The first-order valence-corrected chi connectivity index (χ1v) is 11.3. The van der Waals surface area contributed by atoms with E-state index in [4.69, 9.17) is 0 Å². The number of hydrogen-bond acceptors (Lipinski definition) is 7. The van der Waals surface area contributed by atoms with Gasteiger partial charge >= 0.3 is 0 Å². The van der Waals surface area contributed by atoms with Crippen LogP contribution >= 0.6 is 0 Å². The van der Waals surface area contributed by atoms with E-state index in [1.807, 2.05) is 6.92 Å². The zero-order valence-corrected chi connectivity index (χ0v) is 18.9. The fraction of sp³-hybridized carbons (Fsp3) is 0.214. The van der Waals surface area contributed by atoms with Crippen LogP contribution in [0.5, 0.6) is 28.7 Å². The van der Waals surface area contributed by atoms with Crippen molar-refractivity contribution in [2.24, 2.45) is 5.92 Å². The molecule has 0 aromatic heterocycles. The molecule has 180 valence electrons. The van der Waals surface area contributed by atoms with Crippen molar-refractivity contribution in [2.45, 2.75) is 24.7 Å². The molecule has 0 saturated heterocycles. The Morgan fingerprint density at radius 2 is 1.43 bits per heavy atom. The largest absolute Gasteiger partial charge is 0.508 e. The molecule has 35 heavy (non-hydrogen) atoms. The van der Waals surface area contributed by atoms with Crippen LogP contribution in [0.3, 0.4) is 0 Å². The smallest absolute Gasteiger partial charge is 0.157 e. The second-order valence-electron chi connectivity index (χ2n) is 9.18. The maximum atomic E-state index is 11.0. The highest BCUT2D eigenvalue weighted by atomic mass is 16.3. The first-order valence-electron chi connectivity index (χ1n) is 11.3. The summed E-state index contributed by atoms with van der Waals surface area (Å²) < 4.78 is 0. The maximum absolute atomic E-state index is 11.0. The number of aliphatic hydroxyl groups excluding tert-OH is 2. The van der Waals surface area contributed by atoms with Gasteiger partial charge in [-0.25, -0.2) is 0 Å². The van der Waals surface area contributed by atoms with Gasteiger partial charge < -0.3 is 35.7 Å². The third-order valence-corrected chi connectivity index (χ3v) is 7.36. The Bertz CT molecular complexity index is 1370. The molecule has 0 bridgehead atoms. The quantitative estimate of drug-likeness (QED) is 0.216. The number of rotatable bonds is 4. The molecule has 0 heterocycles. The Labute approximate surface area is 201 Å². The number of phenolic OH excluding ortho intramolecular Hbond substituents is 5. The highest BCUT2D eigenvalue weighted by molar-refractivity contribution is 5.65. The SMILES string of the molecule is CC1=C(/C(O)=C\CO)[C@@H](c2ccc(O)cc2)[C@@H]2c3cc(O)cc(O)c3[C@@H](c3ccc(O)c(O)c3)[C@H]12. The van der Waals surface area contributed by atoms with Gasteiger partial charge in [0.25, 0.3) is 0 Å². The summed E-state index contributed by atoms with van der Waals surface area (Å²) in [6, 6.07) is 14.1. The van der Waals surface area contributed by atoms with Crippen molar-refractivity contribution >= 4 is 0 Å². The Morgan fingerprint density at radius 1 is 0.743 bits per heavy atom. The van der Waals surface area contributed by atoms with Gasteiger partial charge in [0.2, 0.25) is 0 Å². The molecule has 0 unspecified atom stereocenters. The monoisotopic (exact) mass is 474 g/mol. The number of phenols is 5. The van der Waals surface area contributed by atoms with E-state index in [1.165, 1.54) is 24.3 Å². The van der Waals surface area contributed by atoms with Crippen LogP contribution in [-0.2, 0) is 0 Å². The number of aliphatic hydroxyl groups is 2. The van der Waals surface area contributed by atoms with Gasteiger partial charge in [-0.1, -0.05) is 23.8 Å². The van der Waals surface area contributed by atoms with Crippen LogP contribution in [0.15, 0.2) is 77.6 Å². The molecule has 4 atom stereocenters. The summed E-state index contributed by atoms with van der Waals surface area (Å²) in [5, 5.41) is 71.7. The van der Waals surface area contributed by atoms with Crippen LogP contribution in [0, 0.1) is 5.92 Å². The molecule has 2 aliphatic carbocycles. The van der Waals surface area contributed by atoms with E-state index in [1.54, 1.807) is 36.4 Å². The summed E-state index contributed by atoms with van der Waals surface area (Å²) in [6.45, 7) is 1.54. The van der Waals surface area contributed by atoms with Gasteiger partial charge in [0.1, 0.15) is 23.0 Å². The molecule has 7 nitrogen and oxygen atoms in total. The van der Waals surface area contributed by atoms with Crippen molar-refractivity contribution in [3.8, 4) is 28.7 Å². The van der Waals surface area contributed by atoms with Gasteiger partial charge in [0, 0.05) is 35.0 Å². The molecule has 0 amide bonds. The van der Waals surface area contributed by atoms with Crippen LogP contribution in [-0.4, -0.2) is 42.4 Å². The maximum Gasteiger partial charge on any atom is 0.157 e. The van der Waals surface area contributed by atoms with Crippen molar-refractivity contribution in [1.29, 1.82) is 0 Å². The molecule has 3 aromatic rings. The van der Waals surface area contributed by atoms with Crippen molar-refractivity contribution in [1.82, 2.24) is 0 Å². The first kappa shape index (κ1) is 22.7. The molecule has 0 saturated carbocycles. The molecular weight excluding hydrogens is 448 g/mol. The minimum absolute atomic E-state index is 0.0595. The second-order valence-corrected chi connectivity index (χ2v) is 9.18. The normalized spacial score (nSPS) is 23.4. The summed E-state index contributed by atoms with van der Waals surface area (Å²) in [7, 11) is 0. The Morgan fingerprint density at radius 3 is 2.09 bits per heavy atom. The lowest BCUT2D eigenvalue weighted by molar-refractivity contribution is 0.330. The molecular formula is C28H26O7. The summed E-state index contributed by atoms with van der Waals surface area (Å²) in [4.78, 5) is 0. The van der Waals surface area contributed by atoms with Gasteiger partial charge in [-0.15, -0.1) is 0 Å². The van der Waals surface area contributed by atoms with Gasteiger partial charge in [-0.3, -0.25) is 0 Å². The molecule has 0 aliphatic heterocycles. The summed E-state index contributed by atoms with van der Waals surface area (Å²) in [5.74, 6) is -2.12. The average Bonchev–Trinajstić information content (AvgIpc) is 3.29. The summed E-state index contributed by atoms with van der Waals surface area (Å²) in [5.41, 5.74) is 4.24. The predicted octanol–water partition coefficient (Wildman–Crippen LogP) is 4.61. The van der Waals surface area contributed by atoms with E-state index >= 15 is 0 Å². The summed E-state index contributed by atoms with van der Waals surface area (Å²) in [6.07, 6.45) is 1.33. The summed E-state index contributed by atoms with van der Waals surface area (Å²) >= 11 is 0. The van der Waals surface area contributed by atoms with Crippen LogP contribution < -0.4 is 0 Å². The number of fused-ring (bicyclic) bond motifs is 3. The lowest BCUT2D eigenvalue weighted by Crippen LogP contribution is -2.14. The lowest BCUT2D eigenvalue weighted by atomic mass is 9.77. The Kier molecular flexibility index (Phi) is 5.37. The Hall–Kier alpha value is -4.10. The molecule has 7 N–H and O–H groups in total. The van der Waals surface area contributed by atoms with Crippen LogP contribution in [0.2, 0.25) is 0 Å². The fourth-order valence-electron chi connectivity index (χ4n) is 6.07. The molecule has 5 rings (SSSR count). The standard InChI is InChI=1S/C28H26O7/c1-13-23(20(33)8-9-29)25(14-2-5-16(30)6-3-14)28-18-11-17(31)12-22(35)27(18)26(24(13)28)15-4-7-19(32)21(34)10-15/h2-8,10-12,24-26,28-35H,9H2,1H3/b20-8+/t24-,25+,26-,28+/m0/s1. The lowest BCUT2D eigenvalue weighted by Gasteiger charge is -2.25. The van der Waals surface area contributed by atoms with E-state index in [-0.39, 0.29) is 52.9 Å². The minimum Gasteiger partial charge on any atom is -0.508 e. The van der Waals surface area contributed by atoms with E-state index < -0.39 is 11.8 Å². The van der Waals surface area contributed by atoms with E-state index in [0.717, 1.165) is 11.1 Å². The van der Waals surface area contributed by atoms with E-state index in [2.05, 4.69) is 0 Å². The Balaban J connectivity index is 1.80. The van der Waals surface area contributed by atoms with E-state index in [0.29, 0.717) is 22.3 Å². The molecule has 0 spiro atoms. The number of benzene rings is 3. The zero-order chi connectivity index (χ0) is 25.0. The van der Waals surface area contributed by atoms with Crippen molar-refractivity contribution < 1.29 is 35.7 Å². The molecule has 2 aliphatic rings. The van der Waals surface area contributed by atoms with E-state index in [9.17, 15) is 35.7 Å². The fourth-order valence-corrected chi connectivity index (χ4v) is 6.07. The highest BCUT2D eigenvalue weighted by Gasteiger charge is 2.54. The topological polar surface area (TPSA) is 142 Å². The van der Waals surface area contributed by atoms with Crippen molar-refractivity contribution in [3.05, 3.63) is 99.8 Å². The average molecular weight is 475 g/mol. The number of aromatic hydroxyl groups is 5. The third kappa shape index (κ3) is 3.47. The van der Waals surface area contributed by atoms with Gasteiger partial charge in [-0.05, 0) is 65.9 Å². The van der Waals surface area contributed by atoms with Crippen LogP contribution in [0.25, 0.3) is 0 Å². The molecule has 3 aromatic carbocycles. The molecule has 0 radical (unpaired) electrons. The second kappa shape index (κ2) is 8.29. The molecule has 7 heteroatoms. The minimum atomic E-state index is -0.443. The van der Waals surface area contributed by atoms with Crippen LogP contribution in [0.1, 0.15) is 46.9 Å². The molecule has 0 fully saturated rings. The van der Waals surface area contributed by atoms with Gasteiger partial charge in [0.15, 0.2) is 11.5 Å². The first-order chi connectivity index (χ1) is 16.7. The predicted molar refractivity (Wildman–Crippen MR) is 129 cm³/mol. The van der Waals surface area contributed by atoms with Crippen molar-refractivity contribution in [3.63, 3.8) is 0 Å². The number of hydrogen-bond donors (Lipinski definition) is 7.